The first-order valence-corrected chi connectivity index (χ1v) is 9.17. The summed E-state index contributed by atoms with van der Waals surface area (Å²) in [5.41, 5.74) is 1.67. The van der Waals surface area contributed by atoms with E-state index >= 15 is 0 Å². The quantitative estimate of drug-likeness (QED) is 0.288. The Morgan fingerprint density at radius 2 is 1.50 bits per heavy atom. The molecule has 2 aromatic rings. The van der Waals surface area contributed by atoms with Gasteiger partial charge in [-0.25, -0.2) is 0 Å². The number of benzene rings is 2. The van der Waals surface area contributed by atoms with Gasteiger partial charge in [0.1, 0.15) is 17.2 Å². The average molecular weight is 531 g/mol. The second-order valence-electron chi connectivity index (χ2n) is 5.86. The third-order valence-electron chi connectivity index (χ3n) is 4.20. The number of hydrogen-bond acceptors (Lipinski definition) is 6. The Balaban J connectivity index is 0.00000450. The van der Waals surface area contributed by atoms with Crippen molar-refractivity contribution in [2.45, 2.75) is 13.5 Å². The lowest BCUT2D eigenvalue weighted by Crippen LogP contribution is -2.30. The van der Waals surface area contributed by atoms with Gasteiger partial charge in [-0.1, -0.05) is 0 Å². The summed E-state index contributed by atoms with van der Waals surface area (Å²) in [6.07, 6.45) is 0. The zero-order valence-corrected chi connectivity index (χ0v) is 20.5. The maximum absolute atomic E-state index is 5.63. The van der Waals surface area contributed by atoms with Gasteiger partial charge in [-0.2, -0.15) is 0 Å². The molecule has 30 heavy (non-hydrogen) atoms. The third-order valence-corrected chi connectivity index (χ3v) is 4.20. The smallest absolute Gasteiger partial charge is 0.195 e. The summed E-state index contributed by atoms with van der Waals surface area (Å²) < 4.78 is 27.2. The number of halogens is 1. The molecule has 0 fully saturated rings. The Hall–Kier alpha value is -2.56. The highest BCUT2D eigenvalue weighted by atomic mass is 127. The molecule has 0 radical (unpaired) electrons. The lowest BCUT2D eigenvalue weighted by Gasteiger charge is -2.18. The highest BCUT2D eigenvalue weighted by molar-refractivity contribution is 14.0. The van der Waals surface area contributed by atoms with Gasteiger partial charge in [0.2, 0.25) is 0 Å². The van der Waals surface area contributed by atoms with Crippen molar-refractivity contribution in [2.24, 2.45) is 4.99 Å². The fraction of sp³-hybridized carbons (Fsp3) is 0.381. The molecule has 2 rings (SSSR count). The molecule has 166 valence electrons. The van der Waals surface area contributed by atoms with Crippen molar-refractivity contribution in [2.75, 3.05) is 47.4 Å². The van der Waals surface area contributed by atoms with E-state index in [1.165, 1.54) is 0 Å². The first-order valence-electron chi connectivity index (χ1n) is 9.17. The average Bonchev–Trinajstić information content (AvgIpc) is 2.76. The highest BCUT2D eigenvalue weighted by Crippen LogP contribution is 2.34. The van der Waals surface area contributed by atoms with Crippen LogP contribution < -0.4 is 34.3 Å². The van der Waals surface area contributed by atoms with Gasteiger partial charge in [-0.15, -0.1) is 24.0 Å². The van der Waals surface area contributed by atoms with Crippen LogP contribution in [0.5, 0.6) is 28.7 Å². The number of nitrogens with zero attached hydrogens (tertiary/aromatic N) is 1. The summed E-state index contributed by atoms with van der Waals surface area (Å²) in [4.78, 5) is 4.28. The van der Waals surface area contributed by atoms with Crippen LogP contribution in [-0.2, 0) is 6.54 Å². The van der Waals surface area contributed by atoms with Gasteiger partial charge in [0, 0.05) is 30.9 Å². The highest BCUT2D eigenvalue weighted by Gasteiger charge is 2.14. The van der Waals surface area contributed by atoms with Crippen molar-refractivity contribution >= 4 is 35.6 Å². The van der Waals surface area contributed by atoms with E-state index in [0.717, 1.165) is 11.3 Å². The van der Waals surface area contributed by atoms with Gasteiger partial charge in [0.25, 0.3) is 0 Å². The van der Waals surface area contributed by atoms with E-state index in [0.29, 0.717) is 47.9 Å². The van der Waals surface area contributed by atoms with E-state index in [4.69, 9.17) is 23.7 Å². The molecule has 8 nitrogen and oxygen atoms in total. The first-order chi connectivity index (χ1) is 14.1. The van der Waals surface area contributed by atoms with Crippen molar-refractivity contribution in [1.82, 2.24) is 5.32 Å². The Bertz CT molecular complexity index is 820. The van der Waals surface area contributed by atoms with Crippen LogP contribution in [0, 0.1) is 0 Å². The summed E-state index contributed by atoms with van der Waals surface area (Å²) in [5.74, 6) is 3.89. The van der Waals surface area contributed by atoms with Crippen LogP contribution in [0.1, 0.15) is 12.5 Å². The summed E-state index contributed by atoms with van der Waals surface area (Å²) in [7, 11) is 8.13. The maximum atomic E-state index is 5.63. The minimum absolute atomic E-state index is 0. The van der Waals surface area contributed by atoms with Crippen LogP contribution in [0.3, 0.4) is 0 Å². The second kappa shape index (κ2) is 12.9. The molecule has 0 saturated heterocycles. The van der Waals surface area contributed by atoms with Crippen LogP contribution in [0.4, 0.5) is 5.69 Å². The summed E-state index contributed by atoms with van der Waals surface area (Å²) in [6.45, 7) is 2.91. The van der Waals surface area contributed by atoms with Gasteiger partial charge in [-0.3, -0.25) is 4.99 Å². The Labute approximate surface area is 194 Å². The van der Waals surface area contributed by atoms with Crippen LogP contribution >= 0.6 is 24.0 Å². The maximum Gasteiger partial charge on any atom is 0.195 e. The fourth-order valence-corrected chi connectivity index (χ4v) is 2.76. The van der Waals surface area contributed by atoms with Gasteiger partial charge in [-0.05, 0) is 19.1 Å². The molecule has 0 atom stereocenters. The molecule has 0 amide bonds. The molecular weight excluding hydrogens is 501 g/mol. The SMILES string of the molecule is CCOc1cc(NC(=NC)NCc2c(OC)cc(OC)cc2OC)ccc1OC.I. The van der Waals surface area contributed by atoms with Crippen molar-refractivity contribution in [3.05, 3.63) is 35.9 Å². The van der Waals surface area contributed by atoms with E-state index < -0.39 is 0 Å². The number of nitrogens with one attached hydrogen (secondary N) is 2. The number of guanidine groups is 1. The largest absolute Gasteiger partial charge is 0.496 e. The minimum atomic E-state index is 0. The molecule has 0 heterocycles. The van der Waals surface area contributed by atoms with Crippen molar-refractivity contribution < 1.29 is 23.7 Å². The monoisotopic (exact) mass is 531 g/mol. The van der Waals surface area contributed by atoms with Gasteiger partial charge in [0.15, 0.2) is 17.5 Å². The molecule has 0 aliphatic carbocycles. The van der Waals surface area contributed by atoms with E-state index in [9.17, 15) is 0 Å². The van der Waals surface area contributed by atoms with Gasteiger partial charge >= 0.3 is 0 Å². The molecular formula is C21H30IN3O5. The van der Waals surface area contributed by atoms with E-state index in [-0.39, 0.29) is 24.0 Å². The predicted molar refractivity (Wildman–Crippen MR) is 129 cm³/mol. The number of ether oxygens (including phenoxy) is 5. The number of hydrogen-bond donors (Lipinski definition) is 2. The molecule has 0 saturated carbocycles. The molecule has 0 aliphatic rings. The summed E-state index contributed by atoms with van der Waals surface area (Å²) >= 11 is 0. The second-order valence-corrected chi connectivity index (χ2v) is 5.86. The summed E-state index contributed by atoms with van der Waals surface area (Å²) in [6, 6.07) is 9.23. The molecule has 0 aromatic heterocycles. The van der Waals surface area contributed by atoms with Crippen molar-refractivity contribution in [3.8, 4) is 28.7 Å². The Morgan fingerprint density at radius 3 is 2.00 bits per heavy atom. The van der Waals surface area contributed by atoms with Crippen LogP contribution in [0.2, 0.25) is 0 Å². The van der Waals surface area contributed by atoms with Crippen molar-refractivity contribution in [3.63, 3.8) is 0 Å². The normalized spacial score (nSPS) is 10.5. The molecule has 2 aromatic carbocycles. The Morgan fingerprint density at radius 1 is 0.867 bits per heavy atom. The number of aliphatic imine (C=N–C) groups is 1. The summed E-state index contributed by atoms with van der Waals surface area (Å²) in [5, 5.41) is 6.51. The van der Waals surface area contributed by atoms with Crippen LogP contribution in [0.15, 0.2) is 35.3 Å². The fourth-order valence-electron chi connectivity index (χ4n) is 2.76. The topological polar surface area (TPSA) is 82.6 Å². The molecule has 0 unspecified atom stereocenters. The standard InChI is InChI=1S/C21H29N3O5.HI/c1-7-29-20-10-14(8-9-17(20)26-4)24-21(22-2)23-13-16-18(27-5)11-15(25-3)12-19(16)28-6;/h8-12H,7,13H2,1-6H3,(H2,22,23,24);1H. The van der Waals surface area contributed by atoms with E-state index in [1.807, 2.05) is 37.3 Å². The molecule has 0 bridgehead atoms. The molecule has 0 aliphatic heterocycles. The van der Waals surface area contributed by atoms with E-state index in [1.54, 1.807) is 35.5 Å². The molecule has 9 heteroatoms. The zero-order chi connectivity index (χ0) is 21.2. The first kappa shape index (κ1) is 25.5. The zero-order valence-electron chi connectivity index (χ0n) is 18.2. The van der Waals surface area contributed by atoms with Gasteiger partial charge < -0.3 is 34.3 Å². The van der Waals surface area contributed by atoms with Crippen LogP contribution in [-0.4, -0.2) is 48.1 Å². The lowest BCUT2D eigenvalue weighted by molar-refractivity contribution is 0.311. The number of anilines is 1. The van der Waals surface area contributed by atoms with E-state index in [2.05, 4.69) is 15.6 Å². The number of rotatable bonds is 9. The predicted octanol–water partition coefficient (Wildman–Crippen LogP) is 3.93. The van der Waals surface area contributed by atoms with Gasteiger partial charge in [0.05, 0.1) is 47.2 Å². The molecule has 2 N–H and O–H groups in total. The lowest BCUT2D eigenvalue weighted by atomic mass is 10.1. The molecule has 0 spiro atoms. The van der Waals surface area contributed by atoms with Crippen LogP contribution in [0.25, 0.3) is 0 Å². The Kier molecular flexibility index (Phi) is 10.9. The van der Waals surface area contributed by atoms with Crippen molar-refractivity contribution in [1.29, 1.82) is 0 Å². The minimum Gasteiger partial charge on any atom is -0.496 e. The number of methoxy groups -OCH3 is 4. The third kappa shape index (κ3) is 6.48.